The number of amides is 1. The van der Waals surface area contributed by atoms with Gasteiger partial charge in [-0.25, -0.2) is 8.91 Å². The summed E-state index contributed by atoms with van der Waals surface area (Å²) in [4.78, 5) is 11.9. The molecular formula is C20H18FN5O. The molecule has 0 unspecified atom stereocenters. The third kappa shape index (κ3) is 2.66. The first kappa shape index (κ1) is 16.0. The quantitative estimate of drug-likeness (QED) is 0.580. The molecule has 27 heavy (non-hydrogen) atoms. The van der Waals surface area contributed by atoms with E-state index in [4.69, 9.17) is 0 Å². The van der Waals surface area contributed by atoms with Crippen LogP contribution in [0.2, 0.25) is 0 Å². The molecule has 1 aromatic carbocycles. The maximum absolute atomic E-state index is 13.1. The highest BCUT2D eigenvalue weighted by Gasteiger charge is 2.43. The second kappa shape index (κ2) is 5.90. The predicted molar refractivity (Wildman–Crippen MR) is 101 cm³/mol. The van der Waals surface area contributed by atoms with Gasteiger partial charge in [-0.15, -0.1) is 0 Å². The first-order chi connectivity index (χ1) is 13.1. The number of pyridine rings is 1. The Hall–Kier alpha value is -3.22. The van der Waals surface area contributed by atoms with Gasteiger partial charge in [-0.2, -0.15) is 10.2 Å². The molecule has 3 heterocycles. The van der Waals surface area contributed by atoms with Gasteiger partial charge in [-0.05, 0) is 47.7 Å². The fourth-order valence-electron chi connectivity index (χ4n) is 3.56. The van der Waals surface area contributed by atoms with Crippen molar-refractivity contribution in [3.05, 3.63) is 48.3 Å². The van der Waals surface area contributed by atoms with Gasteiger partial charge in [0.25, 0.3) is 0 Å². The van der Waals surface area contributed by atoms with E-state index in [1.807, 2.05) is 30.6 Å². The number of carbonyl (C=O) groups is 1. The van der Waals surface area contributed by atoms with Gasteiger partial charge in [0.15, 0.2) is 5.82 Å². The smallest absolute Gasteiger partial charge is 0.231 e. The van der Waals surface area contributed by atoms with E-state index in [9.17, 15) is 9.18 Å². The maximum Gasteiger partial charge on any atom is 0.231 e. The van der Waals surface area contributed by atoms with E-state index >= 15 is 0 Å². The highest BCUT2D eigenvalue weighted by atomic mass is 19.1. The summed E-state index contributed by atoms with van der Waals surface area (Å²) in [6, 6.07) is 10.0. The standard InChI is InChI=1S/C20H18FN5O/c1-2-11-3-4-17-15(10-22-24-17)19(11)12-5-6-26-13(7-12)8-18(25-26)23-20(27)14-9-16(14)21/h3-8,10,14,16H,2,9H2,1H3,(H,22,24)(H,23,25,27)/t14-,16+/m1/s1. The van der Waals surface area contributed by atoms with E-state index in [1.54, 1.807) is 10.6 Å². The van der Waals surface area contributed by atoms with Crippen LogP contribution in [0.15, 0.2) is 42.7 Å². The van der Waals surface area contributed by atoms with Crippen molar-refractivity contribution in [2.75, 3.05) is 5.32 Å². The van der Waals surface area contributed by atoms with Crippen LogP contribution in [0.4, 0.5) is 10.2 Å². The molecule has 0 saturated heterocycles. The van der Waals surface area contributed by atoms with E-state index in [0.717, 1.165) is 34.0 Å². The molecule has 4 aromatic rings. The van der Waals surface area contributed by atoms with Crippen LogP contribution in [0.25, 0.3) is 27.5 Å². The average Bonchev–Trinajstić information content (AvgIpc) is 3.07. The largest absolute Gasteiger partial charge is 0.309 e. The zero-order valence-electron chi connectivity index (χ0n) is 14.7. The molecule has 0 aliphatic heterocycles. The first-order valence-electron chi connectivity index (χ1n) is 9.03. The number of benzene rings is 1. The van der Waals surface area contributed by atoms with Crippen molar-refractivity contribution >= 4 is 28.1 Å². The minimum atomic E-state index is -1.02. The number of nitrogens with one attached hydrogen (secondary N) is 2. The molecule has 2 N–H and O–H groups in total. The third-order valence-electron chi connectivity index (χ3n) is 5.14. The van der Waals surface area contributed by atoms with Crippen LogP contribution in [0.3, 0.4) is 0 Å². The predicted octanol–water partition coefficient (Wildman–Crippen LogP) is 3.74. The number of H-pyrrole nitrogens is 1. The van der Waals surface area contributed by atoms with Crippen LogP contribution in [-0.2, 0) is 11.2 Å². The van der Waals surface area contributed by atoms with E-state index in [2.05, 4.69) is 33.6 Å². The monoisotopic (exact) mass is 363 g/mol. The second-order valence-corrected chi connectivity index (χ2v) is 6.95. The van der Waals surface area contributed by atoms with Gasteiger partial charge in [-0.1, -0.05) is 13.0 Å². The van der Waals surface area contributed by atoms with Crippen LogP contribution in [0, 0.1) is 5.92 Å². The normalized spacial score (nSPS) is 18.9. The van der Waals surface area contributed by atoms with E-state index in [1.165, 1.54) is 5.56 Å². The fourth-order valence-corrected chi connectivity index (χ4v) is 3.56. The number of anilines is 1. The van der Waals surface area contributed by atoms with Crippen LogP contribution in [0.5, 0.6) is 0 Å². The van der Waals surface area contributed by atoms with E-state index < -0.39 is 12.1 Å². The SMILES string of the molecule is CCc1ccc2[nH]ncc2c1-c1ccn2nc(NC(=O)[C@@H]3C[C@@H]3F)cc2c1. The highest BCUT2D eigenvalue weighted by molar-refractivity contribution is 5.97. The summed E-state index contributed by atoms with van der Waals surface area (Å²) in [5.41, 5.74) is 5.31. The van der Waals surface area contributed by atoms with Gasteiger partial charge in [0, 0.05) is 17.6 Å². The minimum Gasteiger partial charge on any atom is -0.309 e. The molecular weight excluding hydrogens is 345 g/mol. The minimum absolute atomic E-state index is 0.303. The Labute approximate surface area is 154 Å². The molecule has 7 heteroatoms. The number of aromatic amines is 1. The maximum atomic E-state index is 13.1. The topological polar surface area (TPSA) is 75.1 Å². The number of rotatable bonds is 4. The Morgan fingerprint density at radius 1 is 1.37 bits per heavy atom. The first-order valence-corrected chi connectivity index (χ1v) is 9.03. The Bertz CT molecular complexity index is 1180. The number of aromatic nitrogens is 4. The van der Waals surface area contributed by atoms with Gasteiger partial charge in [0.05, 0.1) is 23.1 Å². The molecule has 2 atom stereocenters. The number of hydrogen-bond donors (Lipinski definition) is 2. The lowest BCUT2D eigenvalue weighted by Gasteiger charge is -2.10. The average molecular weight is 363 g/mol. The molecule has 0 bridgehead atoms. The molecule has 1 aliphatic carbocycles. The second-order valence-electron chi connectivity index (χ2n) is 6.95. The van der Waals surface area contributed by atoms with Crippen LogP contribution < -0.4 is 5.32 Å². The van der Waals surface area contributed by atoms with E-state index in [-0.39, 0.29) is 5.91 Å². The number of carbonyl (C=O) groups excluding carboxylic acids is 1. The van der Waals surface area contributed by atoms with Crippen molar-refractivity contribution in [2.45, 2.75) is 25.9 Å². The van der Waals surface area contributed by atoms with Crippen LogP contribution >= 0.6 is 0 Å². The Morgan fingerprint density at radius 2 is 2.22 bits per heavy atom. The number of aryl methyl sites for hydroxylation is 1. The Morgan fingerprint density at radius 3 is 3.00 bits per heavy atom. The summed E-state index contributed by atoms with van der Waals surface area (Å²) >= 11 is 0. The lowest BCUT2D eigenvalue weighted by atomic mass is 9.95. The molecule has 1 aliphatic rings. The summed E-state index contributed by atoms with van der Waals surface area (Å²) in [6.07, 6.45) is 3.91. The Balaban J connectivity index is 1.55. The van der Waals surface area contributed by atoms with Crippen molar-refractivity contribution in [2.24, 2.45) is 5.92 Å². The molecule has 5 rings (SSSR count). The lowest BCUT2D eigenvalue weighted by Crippen LogP contribution is -2.15. The molecule has 3 aromatic heterocycles. The number of fused-ring (bicyclic) bond motifs is 2. The van der Waals surface area contributed by atoms with Gasteiger partial charge < -0.3 is 5.32 Å². The van der Waals surface area contributed by atoms with Crippen molar-refractivity contribution < 1.29 is 9.18 Å². The van der Waals surface area contributed by atoms with Gasteiger partial charge in [0.1, 0.15) is 6.17 Å². The zero-order valence-corrected chi connectivity index (χ0v) is 14.7. The van der Waals surface area contributed by atoms with Crippen molar-refractivity contribution in [3.63, 3.8) is 0 Å². The molecule has 136 valence electrons. The van der Waals surface area contributed by atoms with Gasteiger partial charge in [0.2, 0.25) is 5.91 Å². The lowest BCUT2D eigenvalue weighted by molar-refractivity contribution is -0.117. The molecule has 1 fully saturated rings. The molecule has 1 saturated carbocycles. The number of nitrogens with zero attached hydrogens (tertiary/aromatic N) is 3. The molecule has 0 spiro atoms. The van der Waals surface area contributed by atoms with E-state index in [0.29, 0.717) is 12.2 Å². The summed E-state index contributed by atoms with van der Waals surface area (Å²) in [5, 5.41) is 15.3. The van der Waals surface area contributed by atoms with Gasteiger partial charge >= 0.3 is 0 Å². The van der Waals surface area contributed by atoms with Crippen molar-refractivity contribution in [1.82, 2.24) is 19.8 Å². The Kier molecular flexibility index (Phi) is 3.50. The van der Waals surface area contributed by atoms with Crippen LogP contribution in [0.1, 0.15) is 18.9 Å². The summed E-state index contributed by atoms with van der Waals surface area (Å²) in [7, 11) is 0. The number of alkyl halides is 1. The number of hydrogen-bond acceptors (Lipinski definition) is 3. The zero-order chi connectivity index (χ0) is 18.5. The summed E-state index contributed by atoms with van der Waals surface area (Å²) in [6.45, 7) is 2.13. The summed E-state index contributed by atoms with van der Waals surface area (Å²) < 4.78 is 14.8. The third-order valence-corrected chi connectivity index (χ3v) is 5.14. The van der Waals surface area contributed by atoms with Crippen molar-refractivity contribution in [3.8, 4) is 11.1 Å². The molecule has 1 amide bonds. The highest BCUT2D eigenvalue weighted by Crippen LogP contribution is 2.35. The molecule has 6 nitrogen and oxygen atoms in total. The summed E-state index contributed by atoms with van der Waals surface area (Å²) in [5.74, 6) is -0.396. The van der Waals surface area contributed by atoms with Crippen LogP contribution in [-0.4, -0.2) is 31.9 Å². The fraction of sp³-hybridized carbons (Fsp3) is 0.250. The number of halogens is 1. The van der Waals surface area contributed by atoms with Crippen molar-refractivity contribution in [1.29, 1.82) is 0 Å². The van der Waals surface area contributed by atoms with Gasteiger partial charge in [-0.3, -0.25) is 9.89 Å². The molecule has 0 radical (unpaired) electrons.